The maximum atomic E-state index is 12.3. The Kier molecular flexibility index (Phi) is 9.62. The van der Waals surface area contributed by atoms with Gasteiger partial charge < -0.3 is 20.5 Å². The number of carbonyl (C=O) groups is 1. The Balaban J connectivity index is 0.00000312. The minimum atomic E-state index is -0.701. The van der Waals surface area contributed by atoms with E-state index in [4.69, 9.17) is 10.3 Å². The standard InChI is InChI=1S/C17H25N5O2.2ClH/c1-17(2,16-19-15(24-21-16)11-22(3)4)20-14(23)10-9-12-7-5-6-8-13(12)18;;/h5-8H,9-11,18H2,1-4H3,(H,20,23);2*1H. The Bertz CT molecular complexity index is 704. The van der Waals surface area contributed by atoms with Crippen LogP contribution in [0.3, 0.4) is 0 Å². The number of hydrogen-bond donors (Lipinski definition) is 2. The summed E-state index contributed by atoms with van der Waals surface area (Å²) in [5.74, 6) is 0.906. The minimum absolute atomic E-state index is 0. The molecule has 0 aliphatic carbocycles. The summed E-state index contributed by atoms with van der Waals surface area (Å²) in [5.41, 5.74) is 6.87. The van der Waals surface area contributed by atoms with E-state index in [2.05, 4.69) is 15.5 Å². The average molecular weight is 404 g/mol. The highest BCUT2D eigenvalue weighted by Crippen LogP contribution is 2.18. The number of nitrogens with one attached hydrogen (secondary N) is 1. The summed E-state index contributed by atoms with van der Waals surface area (Å²) in [6, 6.07) is 7.56. The van der Waals surface area contributed by atoms with Crippen molar-refractivity contribution in [1.82, 2.24) is 20.4 Å². The molecule has 2 aromatic rings. The fourth-order valence-electron chi connectivity index (χ4n) is 2.32. The Hall–Kier alpha value is -1.83. The highest BCUT2D eigenvalue weighted by molar-refractivity contribution is 5.85. The quantitative estimate of drug-likeness (QED) is 0.689. The molecule has 9 heteroatoms. The normalized spacial score (nSPS) is 10.8. The van der Waals surface area contributed by atoms with Gasteiger partial charge in [0.15, 0.2) is 5.82 Å². The number of aromatic nitrogens is 2. The average Bonchev–Trinajstić information content (AvgIpc) is 2.94. The topological polar surface area (TPSA) is 97.3 Å². The van der Waals surface area contributed by atoms with Crippen molar-refractivity contribution >= 4 is 36.4 Å². The highest BCUT2D eigenvalue weighted by atomic mass is 35.5. The van der Waals surface area contributed by atoms with E-state index in [1.165, 1.54) is 0 Å². The van der Waals surface area contributed by atoms with Gasteiger partial charge in [0.2, 0.25) is 11.8 Å². The van der Waals surface area contributed by atoms with Crippen LogP contribution in [0, 0.1) is 0 Å². The summed E-state index contributed by atoms with van der Waals surface area (Å²) in [5, 5.41) is 6.93. The smallest absolute Gasteiger partial charge is 0.240 e. The number of amides is 1. The van der Waals surface area contributed by atoms with Crippen LogP contribution in [0.2, 0.25) is 0 Å². The molecular formula is C17H27Cl2N5O2. The maximum absolute atomic E-state index is 12.3. The number of anilines is 1. The second kappa shape index (κ2) is 10.4. The van der Waals surface area contributed by atoms with Crippen molar-refractivity contribution in [3.05, 3.63) is 41.5 Å². The number of hydrogen-bond acceptors (Lipinski definition) is 6. The number of benzene rings is 1. The van der Waals surface area contributed by atoms with Gasteiger partial charge in [0.05, 0.1) is 12.1 Å². The van der Waals surface area contributed by atoms with E-state index in [1.54, 1.807) is 0 Å². The van der Waals surface area contributed by atoms with Gasteiger partial charge in [-0.25, -0.2) is 0 Å². The molecule has 0 fully saturated rings. The van der Waals surface area contributed by atoms with Crippen molar-refractivity contribution in [2.24, 2.45) is 0 Å². The molecule has 2 rings (SSSR count). The van der Waals surface area contributed by atoms with Crippen LogP contribution in [0.25, 0.3) is 0 Å². The number of halogens is 2. The fraction of sp³-hybridized carbons (Fsp3) is 0.471. The lowest BCUT2D eigenvalue weighted by atomic mass is 10.0. The minimum Gasteiger partial charge on any atom is -0.399 e. The largest absolute Gasteiger partial charge is 0.399 e. The first-order valence-electron chi connectivity index (χ1n) is 7.90. The molecule has 3 N–H and O–H groups in total. The van der Waals surface area contributed by atoms with Crippen molar-refractivity contribution in [2.75, 3.05) is 19.8 Å². The number of para-hydroxylation sites is 1. The summed E-state index contributed by atoms with van der Waals surface area (Å²) in [7, 11) is 3.85. The van der Waals surface area contributed by atoms with Gasteiger partial charge in [-0.3, -0.25) is 4.79 Å². The van der Waals surface area contributed by atoms with E-state index in [-0.39, 0.29) is 30.7 Å². The van der Waals surface area contributed by atoms with E-state index >= 15 is 0 Å². The molecule has 0 atom stereocenters. The van der Waals surface area contributed by atoms with Crippen LogP contribution >= 0.6 is 24.8 Å². The third-order valence-corrected chi connectivity index (χ3v) is 3.61. The predicted octanol–water partition coefficient (Wildman–Crippen LogP) is 2.54. The van der Waals surface area contributed by atoms with Gasteiger partial charge in [0, 0.05) is 12.1 Å². The van der Waals surface area contributed by atoms with Crippen molar-refractivity contribution in [3.8, 4) is 0 Å². The molecule has 146 valence electrons. The van der Waals surface area contributed by atoms with E-state index in [0.717, 1.165) is 5.56 Å². The Labute approximate surface area is 166 Å². The molecule has 1 heterocycles. The zero-order valence-electron chi connectivity index (χ0n) is 15.5. The Morgan fingerprint density at radius 1 is 1.27 bits per heavy atom. The summed E-state index contributed by atoms with van der Waals surface area (Å²) in [4.78, 5) is 18.5. The van der Waals surface area contributed by atoms with Gasteiger partial charge in [0.25, 0.3) is 0 Å². The molecule has 26 heavy (non-hydrogen) atoms. The SMILES string of the molecule is CN(C)Cc1nc(C(C)(C)NC(=O)CCc2ccccc2N)no1.Cl.Cl. The molecular weight excluding hydrogens is 377 g/mol. The maximum Gasteiger partial charge on any atom is 0.240 e. The van der Waals surface area contributed by atoms with Crippen LogP contribution in [-0.2, 0) is 23.3 Å². The molecule has 0 radical (unpaired) electrons. The molecule has 1 aromatic carbocycles. The third-order valence-electron chi connectivity index (χ3n) is 3.61. The summed E-state index contributed by atoms with van der Waals surface area (Å²) < 4.78 is 5.22. The second-order valence-electron chi connectivity index (χ2n) is 6.62. The monoisotopic (exact) mass is 403 g/mol. The van der Waals surface area contributed by atoms with Crippen molar-refractivity contribution < 1.29 is 9.32 Å². The first-order chi connectivity index (χ1) is 11.3. The lowest BCUT2D eigenvalue weighted by molar-refractivity contribution is -0.122. The molecule has 0 saturated heterocycles. The fourth-order valence-corrected chi connectivity index (χ4v) is 2.32. The molecule has 0 unspecified atom stereocenters. The Morgan fingerprint density at radius 2 is 1.92 bits per heavy atom. The number of nitrogens with two attached hydrogens (primary N) is 1. The van der Waals surface area contributed by atoms with Crippen LogP contribution in [0.5, 0.6) is 0 Å². The van der Waals surface area contributed by atoms with E-state index in [0.29, 0.717) is 36.8 Å². The zero-order valence-corrected chi connectivity index (χ0v) is 17.1. The lowest BCUT2D eigenvalue weighted by Gasteiger charge is -2.22. The number of rotatable bonds is 7. The van der Waals surface area contributed by atoms with Gasteiger partial charge in [-0.1, -0.05) is 23.4 Å². The van der Waals surface area contributed by atoms with Gasteiger partial charge in [-0.05, 0) is 46.0 Å². The number of carbonyl (C=O) groups excluding carboxylic acids is 1. The first kappa shape index (κ1) is 24.2. The zero-order chi connectivity index (χ0) is 17.7. The molecule has 7 nitrogen and oxygen atoms in total. The van der Waals surface area contributed by atoms with Crippen molar-refractivity contribution in [1.29, 1.82) is 0 Å². The van der Waals surface area contributed by atoms with Crippen LogP contribution in [0.4, 0.5) is 5.69 Å². The van der Waals surface area contributed by atoms with Crippen molar-refractivity contribution in [3.63, 3.8) is 0 Å². The molecule has 0 aliphatic heterocycles. The van der Waals surface area contributed by atoms with E-state index in [9.17, 15) is 4.79 Å². The molecule has 0 spiro atoms. The summed E-state index contributed by atoms with van der Waals surface area (Å²) >= 11 is 0. The van der Waals surface area contributed by atoms with Crippen LogP contribution in [0.15, 0.2) is 28.8 Å². The highest BCUT2D eigenvalue weighted by Gasteiger charge is 2.28. The number of aryl methyl sites for hydroxylation is 1. The van der Waals surface area contributed by atoms with Crippen molar-refractivity contribution in [2.45, 2.75) is 38.8 Å². The third kappa shape index (κ3) is 6.82. The van der Waals surface area contributed by atoms with Crippen LogP contribution in [-0.4, -0.2) is 35.0 Å². The molecule has 0 saturated carbocycles. The molecule has 1 amide bonds. The summed E-state index contributed by atoms with van der Waals surface area (Å²) in [6.07, 6.45) is 0.937. The second-order valence-corrected chi connectivity index (χ2v) is 6.62. The van der Waals surface area contributed by atoms with Crippen LogP contribution < -0.4 is 11.1 Å². The van der Waals surface area contributed by atoms with Gasteiger partial charge >= 0.3 is 0 Å². The number of nitrogens with zero attached hydrogens (tertiary/aromatic N) is 3. The van der Waals surface area contributed by atoms with Gasteiger partial charge in [0.1, 0.15) is 0 Å². The van der Waals surface area contributed by atoms with Gasteiger partial charge in [-0.2, -0.15) is 4.98 Å². The van der Waals surface area contributed by atoms with Crippen LogP contribution in [0.1, 0.15) is 37.5 Å². The Morgan fingerprint density at radius 3 is 2.54 bits per heavy atom. The molecule has 1 aromatic heterocycles. The number of nitrogen functional groups attached to an aromatic ring is 1. The molecule has 0 bridgehead atoms. The van der Waals surface area contributed by atoms with Gasteiger partial charge in [-0.15, -0.1) is 24.8 Å². The molecule has 0 aliphatic rings. The summed E-state index contributed by atoms with van der Waals surface area (Å²) in [6.45, 7) is 4.27. The van der Waals surface area contributed by atoms with E-state index in [1.807, 2.05) is 57.1 Å². The lowest BCUT2D eigenvalue weighted by Crippen LogP contribution is -2.42. The predicted molar refractivity (Wildman–Crippen MR) is 107 cm³/mol. The first-order valence-corrected chi connectivity index (χ1v) is 7.90. The van der Waals surface area contributed by atoms with E-state index < -0.39 is 5.54 Å².